The molecule has 0 radical (unpaired) electrons. The van der Waals surface area contributed by atoms with Crippen molar-refractivity contribution >= 4 is 0 Å². The van der Waals surface area contributed by atoms with Gasteiger partial charge < -0.3 is 9.88 Å². The number of nitrogens with zero attached hydrogens (tertiary/aromatic N) is 3. The lowest BCUT2D eigenvalue weighted by Gasteiger charge is -2.22. The summed E-state index contributed by atoms with van der Waals surface area (Å²) in [6.45, 7) is 6.52. The van der Waals surface area contributed by atoms with E-state index in [-0.39, 0.29) is 0 Å². The monoisotopic (exact) mass is 270 g/mol. The van der Waals surface area contributed by atoms with Crippen LogP contribution < -0.4 is 5.32 Å². The second kappa shape index (κ2) is 5.75. The van der Waals surface area contributed by atoms with E-state index in [1.807, 2.05) is 18.6 Å². The van der Waals surface area contributed by atoms with Gasteiger partial charge in [-0.1, -0.05) is 13.8 Å². The van der Waals surface area contributed by atoms with Crippen molar-refractivity contribution in [3.05, 3.63) is 42.2 Å². The Kier molecular flexibility index (Phi) is 3.83. The minimum Gasteiger partial charge on any atom is -0.316 e. The van der Waals surface area contributed by atoms with Gasteiger partial charge in [0, 0.05) is 42.7 Å². The Morgan fingerprint density at radius 2 is 2.20 bits per heavy atom. The van der Waals surface area contributed by atoms with E-state index in [1.165, 1.54) is 24.2 Å². The van der Waals surface area contributed by atoms with Gasteiger partial charge in [-0.2, -0.15) is 0 Å². The molecule has 0 spiro atoms. The van der Waals surface area contributed by atoms with Gasteiger partial charge in [0.25, 0.3) is 0 Å². The third kappa shape index (κ3) is 2.61. The first kappa shape index (κ1) is 13.3. The smallest absolute Gasteiger partial charge is 0.115 e. The first-order valence-electron chi connectivity index (χ1n) is 7.46. The Labute approximate surface area is 120 Å². The molecule has 3 heterocycles. The number of hydrogen-bond acceptors (Lipinski definition) is 3. The first-order valence-corrected chi connectivity index (χ1v) is 7.46. The molecule has 20 heavy (non-hydrogen) atoms. The molecule has 2 aromatic rings. The SMILES string of the molecule is CC(C)c1nccn1-c1ccnc([C@@H]2CCCNC2)c1. The fourth-order valence-corrected chi connectivity index (χ4v) is 2.87. The normalized spacial score (nSPS) is 19.4. The molecule has 0 amide bonds. The van der Waals surface area contributed by atoms with Gasteiger partial charge in [-0.05, 0) is 31.5 Å². The van der Waals surface area contributed by atoms with Gasteiger partial charge >= 0.3 is 0 Å². The number of aromatic nitrogens is 3. The van der Waals surface area contributed by atoms with E-state index >= 15 is 0 Å². The zero-order chi connectivity index (χ0) is 13.9. The predicted octanol–water partition coefficient (Wildman–Crippen LogP) is 2.86. The van der Waals surface area contributed by atoms with Crippen LogP contribution >= 0.6 is 0 Å². The Morgan fingerprint density at radius 3 is 2.95 bits per heavy atom. The third-order valence-corrected chi connectivity index (χ3v) is 3.94. The van der Waals surface area contributed by atoms with E-state index < -0.39 is 0 Å². The van der Waals surface area contributed by atoms with Crippen molar-refractivity contribution in [3.63, 3.8) is 0 Å². The summed E-state index contributed by atoms with van der Waals surface area (Å²) < 4.78 is 2.17. The predicted molar refractivity (Wildman–Crippen MR) is 80.3 cm³/mol. The van der Waals surface area contributed by atoms with Crippen molar-refractivity contribution in [3.8, 4) is 5.69 Å². The van der Waals surface area contributed by atoms with Crippen LogP contribution in [0.3, 0.4) is 0 Å². The van der Waals surface area contributed by atoms with E-state index in [0.717, 1.165) is 18.9 Å². The number of pyridine rings is 1. The average molecular weight is 270 g/mol. The van der Waals surface area contributed by atoms with E-state index in [1.54, 1.807) is 0 Å². The molecular formula is C16H22N4. The molecule has 0 bridgehead atoms. The highest BCUT2D eigenvalue weighted by Crippen LogP contribution is 2.24. The molecule has 4 nitrogen and oxygen atoms in total. The maximum absolute atomic E-state index is 4.57. The molecule has 0 aliphatic carbocycles. The van der Waals surface area contributed by atoms with Crippen LogP contribution in [0.2, 0.25) is 0 Å². The second-order valence-electron chi connectivity index (χ2n) is 5.79. The van der Waals surface area contributed by atoms with Gasteiger partial charge in [0.2, 0.25) is 0 Å². The molecule has 1 atom stereocenters. The van der Waals surface area contributed by atoms with Gasteiger partial charge in [-0.15, -0.1) is 0 Å². The van der Waals surface area contributed by atoms with Gasteiger partial charge in [0.15, 0.2) is 0 Å². The highest BCUT2D eigenvalue weighted by atomic mass is 15.1. The standard InChI is InChI=1S/C16H22N4/c1-12(2)16-19-8-9-20(16)14-5-7-18-15(10-14)13-4-3-6-17-11-13/h5,7-10,12-13,17H,3-4,6,11H2,1-2H3/t13-/m1/s1. The molecular weight excluding hydrogens is 248 g/mol. The second-order valence-corrected chi connectivity index (χ2v) is 5.79. The van der Waals surface area contributed by atoms with Gasteiger partial charge in [-0.3, -0.25) is 4.98 Å². The van der Waals surface area contributed by atoms with Crippen molar-refractivity contribution in [1.29, 1.82) is 0 Å². The van der Waals surface area contributed by atoms with Gasteiger partial charge in [-0.25, -0.2) is 4.98 Å². The fourth-order valence-electron chi connectivity index (χ4n) is 2.87. The van der Waals surface area contributed by atoms with Crippen molar-refractivity contribution < 1.29 is 0 Å². The zero-order valence-corrected chi connectivity index (χ0v) is 12.2. The zero-order valence-electron chi connectivity index (χ0n) is 12.2. The number of imidazole rings is 1. The lowest BCUT2D eigenvalue weighted by Crippen LogP contribution is -2.28. The van der Waals surface area contributed by atoms with Gasteiger partial charge in [0.05, 0.1) is 5.69 Å². The molecule has 0 unspecified atom stereocenters. The fraction of sp³-hybridized carbons (Fsp3) is 0.500. The molecule has 1 saturated heterocycles. The van der Waals surface area contributed by atoms with Crippen LogP contribution in [0.15, 0.2) is 30.7 Å². The minimum atomic E-state index is 0.415. The van der Waals surface area contributed by atoms with Crippen molar-refractivity contribution in [2.75, 3.05) is 13.1 Å². The Balaban J connectivity index is 1.92. The average Bonchev–Trinajstić information content (AvgIpc) is 2.98. The molecule has 0 aromatic carbocycles. The van der Waals surface area contributed by atoms with Crippen molar-refractivity contribution in [2.24, 2.45) is 0 Å². The quantitative estimate of drug-likeness (QED) is 0.932. The van der Waals surface area contributed by atoms with Crippen LogP contribution in [0.1, 0.15) is 50.0 Å². The molecule has 2 aromatic heterocycles. The Bertz CT molecular complexity index is 567. The maximum atomic E-state index is 4.57. The molecule has 3 rings (SSSR count). The summed E-state index contributed by atoms with van der Waals surface area (Å²) in [7, 11) is 0. The van der Waals surface area contributed by atoms with Crippen LogP contribution in [0.25, 0.3) is 5.69 Å². The van der Waals surface area contributed by atoms with Crippen LogP contribution in [0, 0.1) is 0 Å². The molecule has 1 N–H and O–H groups in total. The highest BCUT2D eigenvalue weighted by molar-refractivity contribution is 5.35. The van der Waals surface area contributed by atoms with Gasteiger partial charge in [0.1, 0.15) is 5.82 Å². The summed E-state index contributed by atoms with van der Waals surface area (Å²) in [5.41, 5.74) is 2.36. The largest absolute Gasteiger partial charge is 0.316 e. The Hall–Kier alpha value is -1.68. The first-order chi connectivity index (χ1) is 9.75. The summed E-state index contributed by atoms with van der Waals surface area (Å²) in [6, 6.07) is 4.28. The summed E-state index contributed by atoms with van der Waals surface area (Å²) in [4.78, 5) is 9.04. The van der Waals surface area contributed by atoms with Crippen LogP contribution in [0.5, 0.6) is 0 Å². The van der Waals surface area contributed by atoms with Crippen LogP contribution in [0.4, 0.5) is 0 Å². The molecule has 0 saturated carbocycles. The van der Waals surface area contributed by atoms with Crippen molar-refractivity contribution in [1.82, 2.24) is 19.9 Å². The minimum absolute atomic E-state index is 0.415. The van der Waals surface area contributed by atoms with E-state index in [4.69, 9.17) is 0 Å². The molecule has 1 fully saturated rings. The van der Waals surface area contributed by atoms with E-state index in [9.17, 15) is 0 Å². The number of nitrogens with one attached hydrogen (secondary N) is 1. The molecule has 1 aliphatic rings. The molecule has 4 heteroatoms. The molecule has 106 valence electrons. The number of piperidine rings is 1. The molecule has 1 aliphatic heterocycles. The lowest BCUT2D eigenvalue weighted by molar-refractivity contribution is 0.454. The van der Waals surface area contributed by atoms with Crippen LogP contribution in [-0.2, 0) is 0 Å². The summed E-state index contributed by atoms with van der Waals surface area (Å²) in [5, 5.41) is 3.46. The summed E-state index contributed by atoms with van der Waals surface area (Å²) in [5.74, 6) is 2.05. The van der Waals surface area contributed by atoms with Crippen LogP contribution in [-0.4, -0.2) is 27.6 Å². The van der Waals surface area contributed by atoms with Crippen molar-refractivity contribution in [2.45, 2.75) is 38.5 Å². The summed E-state index contributed by atoms with van der Waals surface area (Å²) >= 11 is 0. The Morgan fingerprint density at radius 1 is 1.30 bits per heavy atom. The summed E-state index contributed by atoms with van der Waals surface area (Å²) in [6.07, 6.45) is 8.29. The third-order valence-electron chi connectivity index (χ3n) is 3.94. The topological polar surface area (TPSA) is 42.7 Å². The number of rotatable bonds is 3. The highest BCUT2D eigenvalue weighted by Gasteiger charge is 2.17. The number of hydrogen-bond donors (Lipinski definition) is 1. The maximum Gasteiger partial charge on any atom is 0.115 e. The lowest BCUT2D eigenvalue weighted by atomic mass is 9.95. The van der Waals surface area contributed by atoms with E-state index in [0.29, 0.717) is 11.8 Å². The van der Waals surface area contributed by atoms with E-state index in [2.05, 4.69) is 45.8 Å².